The lowest BCUT2D eigenvalue weighted by Gasteiger charge is -2.28. The Morgan fingerprint density at radius 2 is 1.67 bits per heavy atom. The summed E-state index contributed by atoms with van der Waals surface area (Å²) in [6, 6.07) is 5.85. The van der Waals surface area contributed by atoms with Crippen LogP contribution in [0.5, 0.6) is 0 Å². The molecule has 1 saturated heterocycles. The summed E-state index contributed by atoms with van der Waals surface area (Å²) in [7, 11) is -1.35. The van der Waals surface area contributed by atoms with E-state index >= 15 is 0 Å². The Morgan fingerprint density at radius 1 is 1.22 bits per heavy atom. The predicted octanol–water partition coefficient (Wildman–Crippen LogP) is 2.67. The van der Waals surface area contributed by atoms with Gasteiger partial charge in [0.1, 0.15) is 8.11 Å². The van der Waals surface area contributed by atoms with E-state index < -0.39 is 16.2 Å². The first-order valence-corrected chi connectivity index (χ1v) is 10.5. The zero-order valence-electron chi connectivity index (χ0n) is 6.28. The summed E-state index contributed by atoms with van der Waals surface area (Å²) in [4.78, 5) is 0. The largest absolute Gasteiger partial charge is 0.172 e. The monoisotopic (exact) mass is 178 g/mol. The second-order valence-electron chi connectivity index (χ2n) is 3.84. The molecule has 54 valence electrons. The van der Waals surface area contributed by atoms with E-state index in [0.29, 0.717) is 0 Å². The zero-order valence-corrected chi connectivity index (χ0v) is 9.19. The van der Waals surface area contributed by atoms with Crippen LogP contribution in [-0.2, 0) is 0 Å². The van der Waals surface area contributed by atoms with Gasteiger partial charge in [-0.2, -0.15) is 11.1 Å². The van der Waals surface area contributed by atoms with Crippen LogP contribution in [-0.4, -0.2) is 16.2 Å². The fourth-order valence-electron chi connectivity index (χ4n) is 1.36. The SMILES string of the molecule is C[Si]1(C)CC[SiH](Cl)CC1. The number of halogens is 1. The van der Waals surface area contributed by atoms with Gasteiger partial charge in [0.2, 0.25) is 0 Å². The van der Waals surface area contributed by atoms with Gasteiger partial charge in [-0.05, 0) is 12.1 Å². The Bertz CT molecular complexity index is 93.2. The highest BCUT2D eigenvalue weighted by Crippen LogP contribution is 2.30. The molecule has 0 N–H and O–H groups in total. The van der Waals surface area contributed by atoms with E-state index in [9.17, 15) is 0 Å². The summed E-state index contributed by atoms with van der Waals surface area (Å²) in [5.41, 5.74) is 0. The van der Waals surface area contributed by atoms with Crippen molar-refractivity contribution in [2.45, 2.75) is 37.3 Å². The van der Waals surface area contributed by atoms with Crippen molar-refractivity contribution in [1.29, 1.82) is 0 Å². The lowest BCUT2D eigenvalue weighted by molar-refractivity contribution is 1.16. The van der Waals surface area contributed by atoms with Gasteiger partial charge in [-0.3, -0.25) is 0 Å². The van der Waals surface area contributed by atoms with Crippen LogP contribution in [0.4, 0.5) is 0 Å². The molecule has 0 aliphatic carbocycles. The van der Waals surface area contributed by atoms with Gasteiger partial charge in [0.15, 0.2) is 0 Å². The van der Waals surface area contributed by atoms with E-state index in [1.165, 1.54) is 24.2 Å². The van der Waals surface area contributed by atoms with Crippen LogP contribution in [0.2, 0.25) is 37.3 Å². The standard InChI is InChI=1S/C6H15ClSi2/c1-9(2)5-3-8(7)4-6-9/h8H,3-6H2,1-2H3. The minimum atomic E-state index is -0.682. The number of rotatable bonds is 0. The Morgan fingerprint density at radius 3 is 2.00 bits per heavy atom. The smallest absolute Gasteiger partial charge is 0.140 e. The first kappa shape index (κ1) is 7.83. The normalized spacial score (nSPS) is 28.3. The van der Waals surface area contributed by atoms with Crippen molar-refractivity contribution in [3.05, 3.63) is 0 Å². The van der Waals surface area contributed by atoms with Crippen molar-refractivity contribution >= 4 is 27.3 Å². The lowest BCUT2D eigenvalue weighted by atomic mass is 10.9. The fraction of sp³-hybridized carbons (Fsp3) is 1.00. The van der Waals surface area contributed by atoms with Crippen molar-refractivity contribution in [1.82, 2.24) is 0 Å². The second-order valence-corrected chi connectivity index (χ2v) is 13.4. The summed E-state index contributed by atoms with van der Waals surface area (Å²) in [6.07, 6.45) is 0. The van der Waals surface area contributed by atoms with Gasteiger partial charge < -0.3 is 0 Å². The Hall–Kier alpha value is 0.724. The molecule has 0 amide bonds. The lowest BCUT2D eigenvalue weighted by Crippen LogP contribution is -2.31. The number of hydrogen-bond acceptors (Lipinski definition) is 0. The molecule has 1 heterocycles. The van der Waals surface area contributed by atoms with Crippen LogP contribution < -0.4 is 0 Å². The molecule has 1 fully saturated rings. The van der Waals surface area contributed by atoms with Gasteiger partial charge in [-0.15, -0.1) is 0 Å². The van der Waals surface area contributed by atoms with Crippen molar-refractivity contribution in [3.63, 3.8) is 0 Å². The molecule has 0 aromatic heterocycles. The van der Waals surface area contributed by atoms with Gasteiger partial charge in [-0.25, -0.2) is 0 Å². The molecule has 0 bridgehead atoms. The molecule has 0 aromatic rings. The van der Waals surface area contributed by atoms with Gasteiger partial charge in [0.25, 0.3) is 0 Å². The summed E-state index contributed by atoms with van der Waals surface area (Å²) in [5, 5.41) is 0. The van der Waals surface area contributed by atoms with Crippen molar-refractivity contribution in [3.8, 4) is 0 Å². The van der Waals surface area contributed by atoms with E-state index in [2.05, 4.69) is 13.1 Å². The van der Waals surface area contributed by atoms with E-state index in [4.69, 9.17) is 11.1 Å². The van der Waals surface area contributed by atoms with Crippen LogP contribution in [0.25, 0.3) is 0 Å². The van der Waals surface area contributed by atoms with E-state index in [-0.39, 0.29) is 0 Å². The average molecular weight is 179 g/mol. The molecule has 0 radical (unpaired) electrons. The quantitative estimate of drug-likeness (QED) is 0.396. The minimum Gasteiger partial charge on any atom is -0.172 e. The molecule has 0 unspecified atom stereocenters. The van der Waals surface area contributed by atoms with Gasteiger partial charge >= 0.3 is 0 Å². The van der Waals surface area contributed by atoms with E-state index in [1.807, 2.05) is 0 Å². The molecular weight excluding hydrogens is 164 g/mol. The van der Waals surface area contributed by atoms with Gasteiger partial charge in [0.05, 0.1) is 0 Å². The number of hydrogen-bond donors (Lipinski definition) is 0. The molecule has 1 rings (SSSR count). The fourth-order valence-corrected chi connectivity index (χ4v) is 12.6. The van der Waals surface area contributed by atoms with Gasteiger partial charge in [-0.1, -0.05) is 25.2 Å². The molecule has 9 heavy (non-hydrogen) atoms. The molecule has 1 aliphatic rings. The predicted molar refractivity (Wildman–Crippen MR) is 49.7 cm³/mol. The first-order chi connectivity index (χ1) is 4.10. The van der Waals surface area contributed by atoms with Crippen molar-refractivity contribution in [2.75, 3.05) is 0 Å². The average Bonchev–Trinajstić information content (AvgIpc) is 1.78. The topological polar surface area (TPSA) is 0 Å². The molecule has 1 aliphatic heterocycles. The minimum absolute atomic E-state index is 0.670. The first-order valence-electron chi connectivity index (χ1n) is 3.74. The van der Waals surface area contributed by atoms with Crippen molar-refractivity contribution in [2.24, 2.45) is 0 Å². The Kier molecular flexibility index (Phi) is 2.40. The summed E-state index contributed by atoms with van der Waals surface area (Å²) >= 11 is 6.11. The maximum absolute atomic E-state index is 6.11. The Balaban J connectivity index is 2.35. The zero-order chi connectivity index (χ0) is 6.91. The molecule has 3 heteroatoms. The highest BCUT2D eigenvalue weighted by Gasteiger charge is 2.27. The van der Waals surface area contributed by atoms with Crippen LogP contribution in [0.15, 0.2) is 0 Å². The summed E-state index contributed by atoms with van der Waals surface area (Å²) in [6.45, 7) is 4.98. The summed E-state index contributed by atoms with van der Waals surface area (Å²) < 4.78 is 0. The van der Waals surface area contributed by atoms with Crippen LogP contribution in [0.1, 0.15) is 0 Å². The highest BCUT2D eigenvalue weighted by atomic mass is 35.6. The van der Waals surface area contributed by atoms with E-state index in [0.717, 1.165) is 0 Å². The molecule has 0 spiro atoms. The molecule has 0 saturated carbocycles. The van der Waals surface area contributed by atoms with Crippen LogP contribution in [0.3, 0.4) is 0 Å². The molecule has 0 nitrogen and oxygen atoms in total. The van der Waals surface area contributed by atoms with Crippen LogP contribution >= 0.6 is 11.1 Å². The Labute approximate surface area is 64.9 Å². The highest BCUT2D eigenvalue weighted by molar-refractivity contribution is 7.08. The van der Waals surface area contributed by atoms with E-state index in [1.54, 1.807) is 0 Å². The molecule has 0 aromatic carbocycles. The summed E-state index contributed by atoms with van der Waals surface area (Å²) in [5.74, 6) is 0. The maximum atomic E-state index is 6.11. The van der Waals surface area contributed by atoms with Gasteiger partial charge in [0, 0.05) is 8.07 Å². The third kappa shape index (κ3) is 2.44. The molecule has 0 atom stereocenters. The second kappa shape index (κ2) is 2.76. The maximum Gasteiger partial charge on any atom is 0.140 e. The molecular formula is C6H15ClSi2. The van der Waals surface area contributed by atoms with Crippen LogP contribution in [0, 0.1) is 0 Å². The third-order valence-electron chi connectivity index (χ3n) is 2.27. The van der Waals surface area contributed by atoms with Crippen molar-refractivity contribution < 1.29 is 0 Å². The third-order valence-corrected chi connectivity index (χ3v) is 9.85.